The molecule has 5 rings (SSSR count). The molecule has 0 saturated carbocycles. The average Bonchev–Trinajstić information content (AvgIpc) is 3.87. The SMILES string of the molecule is O=C(Oc1ccc(OCCCC2CO2)cc1)c1ccc(C(=O)Oc2ccc(OCCCC3CO3)cc2)cc1. The minimum Gasteiger partial charge on any atom is -0.494 e. The van der Waals surface area contributed by atoms with Gasteiger partial charge in [0.2, 0.25) is 0 Å². The fourth-order valence-corrected chi connectivity index (χ4v) is 3.75. The van der Waals surface area contributed by atoms with Crippen LogP contribution in [0.15, 0.2) is 72.8 Å². The molecule has 2 aliphatic rings. The second-order valence-electron chi connectivity index (χ2n) is 9.19. The number of epoxide rings is 2. The molecule has 3 aromatic rings. The second-order valence-corrected chi connectivity index (χ2v) is 9.19. The lowest BCUT2D eigenvalue weighted by Crippen LogP contribution is -2.11. The monoisotopic (exact) mass is 518 g/mol. The number of esters is 2. The number of hydrogen-bond donors (Lipinski definition) is 0. The van der Waals surface area contributed by atoms with Gasteiger partial charge in [0.25, 0.3) is 0 Å². The lowest BCUT2D eigenvalue weighted by atomic mass is 10.1. The van der Waals surface area contributed by atoms with Gasteiger partial charge in [-0.3, -0.25) is 0 Å². The molecule has 2 heterocycles. The van der Waals surface area contributed by atoms with Crippen molar-refractivity contribution in [1.82, 2.24) is 0 Å². The molecule has 2 saturated heterocycles. The third-order valence-electron chi connectivity index (χ3n) is 6.11. The fraction of sp³-hybridized carbons (Fsp3) is 0.333. The van der Waals surface area contributed by atoms with Gasteiger partial charge in [-0.05, 0) is 98.5 Å². The Hall–Kier alpha value is -3.88. The standard InChI is InChI=1S/C30H30O8/c31-29(37-25-13-9-23(10-14-25)33-17-1-3-27-19-35-27)21-5-7-22(8-6-21)30(32)38-26-15-11-24(12-16-26)34-18-2-4-28-20-36-28/h5-16,27-28H,1-4,17-20H2. The van der Waals surface area contributed by atoms with Crippen LogP contribution >= 0.6 is 0 Å². The summed E-state index contributed by atoms with van der Waals surface area (Å²) in [6.07, 6.45) is 4.69. The molecule has 0 aromatic heterocycles. The van der Waals surface area contributed by atoms with Crippen molar-refractivity contribution in [3.05, 3.63) is 83.9 Å². The number of carbonyl (C=O) groups excluding carboxylic acids is 2. The summed E-state index contributed by atoms with van der Waals surface area (Å²) in [5, 5.41) is 0. The Bertz CT molecular complexity index is 1100. The highest BCUT2D eigenvalue weighted by atomic mass is 16.6. The molecule has 0 spiro atoms. The number of benzene rings is 3. The highest BCUT2D eigenvalue weighted by molar-refractivity contribution is 5.94. The van der Waals surface area contributed by atoms with E-state index in [1.54, 1.807) is 48.5 Å². The minimum atomic E-state index is -0.525. The van der Waals surface area contributed by atoms with Crippen molar-refractivity contribution in [3.63, 3.8) is 0 Å². The van der Waals surface area contributed by atoms with Gasteiger partial charge >= 0.3 is 11.9 Å². The first-order valence-corrected chi connectivity index (χ1v) is 12.9. The molecule has 2 aliphatic heterocycles. The zero-order valence-electron chi connectivity index (χ0n) is 21.0. The number of ether oxygens (including phenoxy) is 6. The maximum Gasteiger partial charge on any atom is 0.343 e. The molecule has 3 aromatic carbocycles. The van der Waals surface area contributed by atoms with Crippen molar-refractivity contribution in [2.45, 2.75) is 37.9 Å². The van der Waals surface area contributed by atoms with E-state index in [9.17, 15) is 9.59 Å². The summed E-state index contributed by atoms with van der Waals surface area (Å²) < 4.78 is 32.6. The Morgan fingerprint density at radius 3 is 1.26 bits per heavy atom. The summed E-state index contributed by atoms with van der Waals surface area (Å²) in [5.41, 5.74) is 0.637. The Labute approximate surface area is 221 Å². The first-order valence-electron chi connectivity index (χ1n) is 12.9. The molecule has 0 amide bonds. The smallest absolute Gasteiger partial charge is 0.343 e. The molecular formula is C30H30O8. The van der Waals surface area contributed by atoms with E-state index in [1.807, 2.05) is 0 Å². The van der Waals surface area contributed by atoms with Crippen LogP contribution in [0.1, 0.15) is 46.4 Å². The Balaban J connectivity index is 1.05. The molecule has 2 unspecified atom stereocenters. The van der Waals surface area contributed by atoms with Gasteiger partial charge in [0, 0.05) is 0 Å². The topological polar surface area (TPSA) is 96.1 Å². The van der Waals surface area contributed by atoms with Crippen LogP contribution in [0, 0.1) is 0 Å². The van der Waals surface area contributed by atoms with Crippen LogP contribution in [0.4, 0.5) is 0 Å². The lowest BCUT2D eigenvalue weighted by molar-refractivity contribution is 0.0720. The molecule has 2 atom stereocenters. The number of carbonyl (C=O) groups is 2. The van der Waals surface area contributed by atoms with E-state index in [1.165, 1.54) is 24.3 Å². The molecule has 38 heavy (non-hydrogen) atoms. The highest BCUT2D eigenvalue weighted by Crippen LogP contribution is 2.22. The molecule has 198 valence electrons. The van der Waals surface area contributed by atoms with E-state index < -0.39 is 11.9 Å². The minimum absolute atomic E-state index is 0.318. The first-order chi connectivity index (χ1) is 18.6. The van der Waals surface area contributed by atoms with Gasteiger partial charge in [-0.15, -0.1) is 0 Å². The molecule has 8 nitrogen and oxygen atoms in total. The van der Waals surface area contributed by atoms with Crippen molar-refractivity contribution in [2.75, 3.05) is 26.4 Å². The molecule has 0 radical (unpaired) electrons. The van der Waals surface area contributed by atoms with E-state index in [2.05, 4.69) is 0 Å². The summed E-state index contributed by atoms with van der Waals surface area (Å²) in [6, 6.07) is 19.9. The quantitative estimate of drug-likeness (QED) is 0.124. The summed E-state index contributed by atoms with van der Waals surface area (Å²) in [4.78, 5) is 25.0. The van der Waals surface area contributed by atoms with Crippen LogP contribution in [0.3, 0.4) is 0 Å². The first kappa shape index (κ1) is 25.8. The van der Waals surface area contributed by atoms with E-state index in [0.717, 1.165) is 38.9 Å². The van der Waals surface area contributed by atoms with Gasteiger partial charge in [0.1, 0.15) is 23.0 Å². The summed E-state index contributed by atoms with van der Waals surface area (Å²) >= 11 is 0. The Morgan fingerprint density at radius 1 is 0.579 bits per heavy atom. The predicted octanol–water partition coefficient (Wildman–Crippen LogP) is 5.24. The summed E-state index contributed by atoms with van der Waals surface area (Å²) in [5.74, 6) is 1.19. The van der Waals surface area contributed by atoms with Crippen LogP contribution < -0.4 is 18.9 Å². The average molecular weight is 519 g/mol. The van der Waals surface area contributed by atoms with Crippen LogP contribution in [-0.2, 0) is 9.47 Å². The van der Waals surface area contributed by atoms with E-state index >= 15 is 0 Å². The number of hydrogen-bond acceptors (Lipinski definition) is 8. The highest BCUT2D eigenvalue weighted by Gasteiger charge is 2.22. The largest absolute Gasteiger partial charge is 0.494 e. The van der Waals surface area contributed by atoms with Crippen LogP contribution in [0.2, 0.25) is 0 Å². The molecule has 0 bridgehead atoms. The molecular weight excluding hydrogens is 488 g/mol. The zero-order valence-corrected chi connectivity index (χ0v) is 21.0. The van der Waals surface area contributed by atoms with E-state index in [4.69, 9.17) is 28.4 Å². The lowest BCUT2D eigenvalue weighted by Gasteiger charge is -2.09. The molecule has 2 fully saturated rings. The van der Waals surface area contributed by atoms with Crippen LogP contribution in [0.5, 0.6) is 23.0 Å². The van der Waals surface area contributed by atoms with Crippen LogP contribution in [-0.4, -0.2) is 50.6 Å². The molecule has 0 aliphatic carbocycles. The maximum atomic E-state index is 12.5. The van der Waals surface area contributed by atoms with Crippen molar-refractivity contribution in [3.8, 4) is 23.0 Å². The second kappa shape index (κ2) is 12.6. The van der Waals surface area contributed by atoms with Gasteiger partial charge in [-0.25, -0.2) is 9.59 Å². The maximum absolute atomic E-state index is 12.5. The fourth-order valence-electron chi connectivity index (χ4n) is 3.75. The zero-order chi connectivity index (χ0) is 26.2. The van der Waals surface area contributed by atoms with Crippen LogP contribution in [0.25, 0.3) is 0 Å². The van der Waals surface area contributed by atoms with Gasteiger partial charge < -0.3 is 28.4 Å². The molecule has 8 heteroatoms. The number of rotatable bonds is 14. The summed E-state index contributed by atoms with van der Waals surface area (Å²) in [6.45, 7) is 2.94. The molecule has 0 N–H and O–H groups in total. The normalized spacial score (nSPS) is 17.4. The van der Waals surface area contributed by atoms with Crippen molar-refractivity contribution < 1.29 is 38.0 Å². The Morgan fingerprint density at radius 2 is 0.921 bits per heavy atom. The van der Waals surface area contributed by atoms with Crippen molar-refractivity contribution in [1.29, 1.82) is 0 Å². The predicted molar refractivity (Wildman–Crippen MR) is 138 cm³/mol. The van der Waals surface area contributed by atoms with Crippen molar-refractivity contribution >= 4 is 11.9 Å². The van der Waals surface area contributed by atoms with Crippen molar-refractivity contribution in [2.24, 2.45) is 0 Å². The Kier molecular flexibility index (Phi) is 8.53. The third-order valence-corrected chi connectivity index (χ3v) is 6.11. The van der Waals surface area contributed by atoms with Gasteiger partial charge in [0.15, 0.2) is 0 Å². The summed E-state index contributed by atoms with van der Waals surface area (Å²) in [7, 11) is 0. The van der Waals surface area contributed by atoms with E-state index in [0.29, 0.717) is 59.5 Å². The van der Waals surface area contributed by atoms with Gasteiger partial charge in [0.05, 0.1) is 49.8 Å². The van der Waals surface area contributed by atoms with E-state index in [-0.39, 0.29) is 0 Å². The van der Waals surface area contributed by atoms with Gasteiger partial charge in [-0.2, -0.15) is 0 Å². The van der Waals surface area contributed by atoms with Gasteiger partial charge in [-0.1, -0.05) is 0 Å². The third kappa shape index (κ3) is 8.06.